The number of hydrogen-bond donors (Lipinski definition) is 0. The first-order valence-corrected chi connectivity index (χ1v) is 7.41. The number of piperidine rings is 1. The van der Waals surface area contributed by atoms with Crippen LogP contribution in [0.5, 0.6) is 0 Å². The van der Waals surface area contributed by atoms with E-state index in [-0.39, 0.29) is 5.97 Å². The van der Waals surface area contributed by atoms with Crippen molar-refractivity contribution >= 4 is 5.97 Å². The second kappa shape index (κ2) is 7.10. The Morgan fingerprint density at radius 3 is 2.61 bits per heavy atom. The van der Waals surface area contributed by atoms with Crippen LogP contribution in [0.3, 0.4) is 0 Å². The molecule has 0 bridgehead atoms. The van der Waals surface area contributed by atoms with Crippen LogP contribution in [-0.4, -0.2) is 61.1 Å². The number of likely N-dealkylation sites (tertiary alicyclic amines) is 1. The molecule has 1 saturated heterocycles. The Labute approximate surface area is 110 Å². The normalized spacial score (nSPS) is 21.2. The fourth-order valence-electron chi connectivity index (χ4n) is 2.66. The molecule has 104 valence electrons. The monoisotopic (exact) mass is 254 g/mol. The molecule has 0 N–H and O–H groups in total. The quantitative estimate of drug-likeness (QED) is 0.645. The van der Waals surface area contributed by atoms with Gasteiger partial charge in [0.15, 0.2) is 0 Å². The second-order valence-corrected chi connectivity index (χ2v) is 5.41. The molecule has 1 aliphatic heterocycles. The Hall–Kier alpha value is -0.610. The molecule has 0 aromatic heterocycles. The van der Waals surface area contributed by atoms with E-state index in [4.69, 9.17) is 4.74 Å². The van der Waals surface area contributed by atoms with E-state index in [0.717, 1.165) is 13.1 Å². The number of rotatable bonds is 7. The lowest BCUT2D eigenvalue weighted by atomic mass is 10.1. The highest BCUT2D eigenvalue weighted by Crippen LogP contribution is 2.26. The standard InChI is InChI=1S/C14H26N2O2/c1-2-18-14(17)12-16(13-6-7-13)11-10-15-8-4-3-5-9-15/h13H,2-12H2,1H3. The van der Waals surface area contributed by atoms with Crippen LogP contribution in [0.2, 0.25) is 0 Å². The number of carbonyl (C=O) groups is 1. The van der Waals surface area contributed by atoms with E-state index in [1.165, 1.54) is 45.2 Å². The molecule has 0 aromatic rings. The predicted molar refractivity (Wildman–Crippen MR) is 71.5 cm³/mol. The van der Waals surface area contributed by atoms with Crippen molar-refractivity contribution in [1.29, 1.82) is 0 Å². The first kappa shape index (κ1) is 13.8. The van der Waals surface area contributed by atoms with E-state index < -0.39 is 0 Å². The van der Waals surface area contributed by atoms with E-state index in [9.17, 15) is 4.79 Å². The van der Waals surface area contributed by atoms with Gasteiger partial charge in [0.25, 0.3) is 0 Å². The minimum absolute atomic E-state index is 0.0666. The van der Waals surface area contributed by atoms with Gasteiger partial charge in [-0.25, -0.2) is 0 Å². The van der Waals surface area contributed by atoms with Gasteiger partial charge >= 0.3 is 5.97 Å². The molecule has 0 aromatic carbocycles. The lowest BCUT2D eigenvalue weighted by Crippen LogP contribution is -2.41. The number of nitrogens with zero attached hydrogens (tertiary/aromatic N) is 2. The minimum atomic E-state index is -0.0666. The lowest BCUT2D eigenvalue weighted by molar-refractivity contribution is -0.144. The predicted octanol–water partition coefficient (Wildman–Crippen LogP) is 1.50. The molecule has 0 spiro atoms. The maximum Gasteiger partial charge on any atom is 0.320 e. The van der Waals surface area contributed by atoms with Crippen molar-refractivity contribution in [3.63, 3.8) is 0 Å². The van der Waals surface area contributed by atoms with Gasteiger partial charge in [0.05, 0.1) is 13.2 Å². The van der Waals surface area contributed by atoms with Crippen LogP contribution in [0.4, 0.5) is 0 Å². The number of esters is 1. The summed E-state index contributed by atoms with van der Waals surface area (Å²) in [6.45, 7) is 7.43. The summed E-state index contributed by atoms with van der Waals surface area (Å²) in [6, 6.07) is 0.638. The number of carbonyl (C=O) groups excluding carboxylic acids is 1. The molecule has 4 nitrogen and oxygen atoms in total. The molecule has 0 radical (unpaired) electrons. The third-order valence-corrected chi connectivity index (χ3v) is 3.85. The van der Waals surface area contributed by atoms with Crippen LogP contribution in [-0.2, 0) is 9.53 Å². The molecule has 18 heavy (non-hydrogen) atoms. The van der Waals surface area contributed by atoms with E-state index >= 15 is 0 Å². The van der Waals surface area contributed by atoms with Gasteiger partial charge in [-0.05, 0) is 45.7 Å². The SMILES string of the molecule is CCOC(=O)CN(CCN1CCCCC1)C1CC1. The van der Waals surface area contributed by atoms with Gasteiger partial charge in [-0.2, -0.15) is 0 Å². The summed E-state index contributed by atoms with van der Waals surface area (Å²) in [7, 11) is 0. The Balaban J connectivity index is 1.70. The number of hydrogen-bond acceptors (Lipinski definition) is 4. The summed E-state index contributed by atoms with van der Waals surface area (Å²) >= 11 is 0. The van der Waals surface area contributed by atoms with Gasteiger partial charge in [-0.15, -0.1) is 0 Å². The van der Waals surface area contributed by atoms with Crippen LogP contribution >= 0.6 is 0 Å². The Kier molecular flexibility index (Phi) is 5.45. The lowest BCUT2D eigenvalue weighted by Gasteiger charge is -2.29. The molecule has 2 rings (SSSR count). The molecule has 0 amide bonds. The largest absolute Gasteiger partial charge is 0.465 e. The second-order valence-electron chi connectivity index (χ2n) is 5.41. The van der Waals surface area contributed by atoms with Crippen molar-refractivity contribution in [2.24, 2.45) is 0 Å². The van der Waals surface area contributed by atoms with Crippen molar-refractivity contribution in [2.75, 3.05) is 39.3 Å². The highest BCUT2D eigenvalue weighted by Gasteiger charge is 2.30. The molecular formula is C14H26N2O2. The molecule has 0 atom stereocenters. The maximum atomic E-state index is 11.6. The fraction of sp³-hybridized carbons (Fsp3) is 0.929. The van der Waals surface area contributed by atoms with Gasteiger partial charge in [0.1, 0.15) is 0 Å². The third-order valence-electron chi connectivity index (χ3n) is 3.85. The molecule has 1 aliphatic carbocycles. The topological polar surface area (TPSA) is 32.8 Å². The van der Waals surface area contributed by atoms with Gasteiger partial charge in [-0.3, -0.25) is 9.69 Å². The van der Waals surface area contributed by atoms with Gasteiger partial charge < -0.3 is 9.64 Å². The molecule has 1 saturated carbocycles. The van der Waals surface area contributed by atoms with Crippen molar-refractivity contribution < 1.29 is 9.53 Å². The average molecular weight is 254 g/mol. The van der Waals surface area contributed by atoms with Crippen LogP contribution < -0.4 is 0 Å². The van der Waals surface area contributed by atoms with Crippen molar-refractivity contribution in [2.45, 2.75) is 45.1 Å². The summed E-state index contributed by atoms with van der Waals surface area (Å²) in [6.07, 6.45) is 6.55. The molecule has 0 unspecified atom stereocenters. The summed E-state index contributed by atoms with van der Waals surface area (Å²) in [4.78, 5) is 16.4. The molecule has 2 fully saturated rings. The fourth-order valence-corrected chi connectivity index (χ4v) is 2.66. The van der Waals surface area contributed by atoms with Crippen molar-refractivity contribution in [3.8, 4) is 0 Å². The van der Waals surface area contributed by atoms with Crippen LogP contribution in [0.25, 0.3) is 0 Å². The zero-order valence-electron chi connectivity index (χ0n) is 11.6. The minimum Gasteiger partial charge on any atom is -0.465 e. The smallest absolute Gasteiger partial charge is 0.320 e. The highest BCUT2D eigenvalue weighted by atomic mass is 16.5. The molecule has 4 heteroatoms. The summed E-state index contributed by atoms with van der Waals surface area (Å²) in [5, 5.41) is 0. The van der Waals surface area contributed by atoms with Crippen LogP contribution in [0.1, 0.15) is 39.0 Å². The van der Waals surface area contributed by atoms with Gasteiger partial charge in [0.2, 0.25) is 0 Å². The van der Waals surface area contributed by atoms with Crippen molar-refractivity contribution in [3.05, 3.63) is 0 Å². The van der Waals surface area contributed by atoms with Crippen LogP contribution in [0, 0.1) is 0 Å². The molecular weight excluding hydrogens is 228 g/mol. The molecule has 1 heterocycles. The van der Waals surface area contributed by atoms with Crippen molar-refractivity contribution in [1.82, 2.24) is 9.80 Å². The average Bonchev–Trinajstić information content (AvgIpc) is 3.20. The zero-order valence-corrected chi connectivity index (χ0v) is 11.6. The maximum absolute atomic E-state index is 11.6. The van der Waals surface area contributed by atoms with E-state index in [2.05, 4.69) is 9.80 Å². The first-order valence-electron chi connectivity index (χ1n) is 7.41. The Morgan fingerprint density at radius 2 is 2.00 bits per heavy atom. The summed E-state index contributed by atoms with van der Waals surface area (Å²) in [5.41, 5.74) is 0. The number of ether oxygens (including phenoxy) is 1. The summed E-state index contributed by atoms with van der Waals surface area (Å²) < 4.78 is 5.05. The molecule has 2 aliphatic rings. The van der Waals surface area contributed by atoms with Crippen LogP contribution in [0.15, 0.2) is 0 Å². The third kappa shape index (κ3) is 4.58. The Morgan fingerprint density at radius 1 is 1.28 bits per heavy atom. The summed E-state index contributed by atoms with van der Waals surface area (Å²) in [5.74, 6) is -0.0666. The Bertz CT molecular complexity index is 261. The zero-order chi connectivity index (χ0) is 12.8. The van der Waals surface area contributed by atoms with E-state index in [0.29, 0.717) is 19.2 Å². The first-order chi connectivity index (χ1) is 8.79. The van der Waals surface area contributed by atoms with Gasteiger partial charge in [-0.1, -0.05) is 6.42 Å². The van der Waals surface area contributed by atoms with Gasteiger partial charge in [0, 0.05) is 19.1 Å². The van der Waals surface area contributed by atoms with E-state index in [1.54, 1.807) is 0 Å². The van der Waals surface area contributed by atoms with E-state index in [1.807, 2.05) is 6.92 Å². The highest BCUT2D eigenvalue weighted by molar-refractivity contribution is 5.71.